The number of nitrogens with two attached hydrogens (primary N) is 1. The molecular weight excluding hydrogens is 288 g/mol. The van der Waals surface area contributed by atoms with Crippen molar-refractivity contribution in [3.8, 4) is 0 Å². The van der Waals surface area contributed by atoms with E-state index in [4.69, 9.17) is 5.73 Å². The second kappa shape index (κ2) is 6.65. The predicted octanol–water partition coefficient (Wildman–Crippen LogP) is 1.32. The summed E-state index contributed by atoms with van der Waals surface area (Å²) in [5, 5.41) is -0.405. The lowest BCUT2D eigenvalue weighted by Crippen LogP contribution is -2.49. The summed E-state index contributed by atoms with van der Waals surface area (Å²) < 4.78 is 23.9. The number of amides is 1. The standard InChI is InChI=1S/C15H28N2O3S/c1-17(15(18)10-11-6-5-7-12(11)16)13-8-3-4-9-14(13)21(2,19)20/h11-14H,3-10,16H2,1-2H3/t11-,12+,13?,14?/m0/s1. The molecule has 0 saturated heterocycles. The van der Waals surface area contributed by atoms with Crippen molar-refractivity contribution >= 4 is 15.7 Å². The van der Waals surface area contributed by atoms with Crippen molar-refractivity contribution in [2.45, 2.75) is 68.7 Å². The molecule has 2 unspecified atom stereocenters. The van der Waals surface area contributed by atoms with E-state index in [1.807, 2.05) is 0 Å². The van der Waals surface area contributed by atoms with Crippen LogP contribution in [0.5, 0.6) is 0 Å². The third-order valence-electron chi connectivity index (χ3n) is 5.26. The van der Waals surface area contributed by atoms with Gasteiger partial charge in [0.05, 0.1) is 5.25 Å². The van der Waals surface area contributed by atoms with Crippen molar-refractivity contribution in [3.05, 3.63) is 0 Å². The Bertz CT molecular complexity index is 477. The number of nitrogens with zero attached hydrogens (tertiary/aromatic N) is 1. The van der Waals surface area contributed by atoms with Crippen molar-refractivity contribution in [2.75, 3.05) is 13.3 Å². The van der Waals surface area contributed by atoms with Gasteiger partial charge in [0.15, 0.2) is 9.84 Å². The van der Waals surface area contributed by atoms with E-state index in [0.717, 1.165) is 38.5 Å². The van der Waals surface area contributed by atoms with Crippen LogP contribution in [-0.2, 0) is 14.6 Å². The van der Waals surface area contributed by atoms with E-state index in [0.29, 0.717) is 12.8 Å². The summed E-state index contributed by atoms with van der Waals surface area (Å²) in [5.41, 5.74) is 6.04. The van der Waals surface area contributed by atoms with Crippen LogP contribution in [0.1, 0.15) is 51.4 Å². The van der Waals surface area contributed by atoms with Gasteiger partial charge in [-0.15, -0.1) is 0 Å². The fourth-order valence-corrected chi connectivity index (χ4v) is 5.38. The fourth-order valence-electron chi connectivity index (χ4n) is 3.89. The van der Waals surface area contributed by atoms with Crippen LogP contribution < -0.4 is 5.73 Å². The molecular formula is C15H28N2O3S. The average molecular weight is 316 g/mol. The SMILES string of the molecule is CN(C(=O)C[C@@H]1CCC[C@H]1N)C1CCCCC1S(C)(=O)=O. The van der Waals surface area contributed by atoms with Gasteiger partial charge in [-0.1, -0.05) is 19.3 Å². The predicted molar refractivity (Wildman–Crippen MR) is 83.6 cm³/mol. The highest BCUT2D eigenvalue weighted by Crippen LogP contribution is 2.30. The fraction of sp³-hybridized carbons (Fsp3) is 0.933. The molecule has 0 aromatic carbocycles. The van der Waals surface area contributed by atoms with Gasteiger partial charge in [-0.05, 0) is 31.6 Å². The van der Waals surface area contributed by atoms with Crippen LogP contribution in [0.2, 0.25) is 0 Å². The van der Waals surface area contributed by atoms with Crippen molar-refractivity contribution in [1.82, 2.24) is 4.90 Å². The second-order valence-corrected chi connectivity index (χ2v) is 9.05. The molecule has 0 heterocycles. The number of sulfone groups is 1. The molecule has 0 spiro atoms. The molecule has 2 fully saturated rings. The summed E-state index contributed by atoms with van der Waals surface area (Å²) in [4.78, 5) is 14.2. The Labute approximate surface area is 128 Å². The van der Waals surface area contributed by atoms with Gasteiger partial charge in [-0.3, -0.25) is 4.79 Å². The molecule has 0 radical (unpaired) electrons. The van der Waals surface area contributed by atoms with Crippen LogP contribution in [0.3, 0.4) is 0 Å². The van der Waals surface area contributed by atoms with Crippen molar-refractivity contribution in [2.24, 2.45) is 11.7 Å². The minimum atomic E-state index is -3.11. The molecule has 21 heavy (non-hydrogen) atoms. The van der Waals surface area contributed by atoms with E-state index in [-0.39, 0.29) is 23.9 Å². The Kier molecular flexibility index (Phi) is 5.30. The molecule has 0 bridgehead atoms. The Morgan fingerprint density at radius 2 is 1.81 bits per heavy atom. The number of rotatable bonds is 4. The molecule has 0 aromatic rings. The summed E-state index contributed by atoms with van der Waals surface area (Å²) in [6, 6.07) is -0.0433. The molecule has 5 nitrogen and oxygen atoms in total. The zero-order valence-electron chi connectivity index (χ0n) is 13.1. The number of carbonyl (C=O) groups is 1. The Balaban J connectivity index is 2.02. The molecule has 4 atom stereocenters. The number of hydrogen-bond donors (Lipinski definition) is 1. The van der Waals surface area contributed by atoms with E-state index in [1.165, 1.54) is 6.26 Å². The summed E-state index contributed by atoms with van der Waals surface area (Å²) in [6.07, 6.45) is 8.25. The molecule has 0 aromatic heterocycles. The van der Waals surface area contributed by atoms with Gasteiger partial charge >= 0.3 is 0 Å². The first kappa shape index (κ1) is 16.7. The Morgan fingerprint density at radius 3 is 2.38 bits per heavy atom. The maximum atomic E-state index is 12.5. The zero-order valence-corrected chi connectivity index (χ0v) is 13.9. The topological polar surface area (TPSA) is 80.5 Å². The van der Waals surface area contributed by atoms with E-state index in [9.17, 15) is 13.2 Å². The van der Waals surface area contributed by atoms with E-state index in [1.54, 1.807) is 11.9 Å². The number of carbonyl (C=O) groups excluding carboxylic acids is 1. The maximum absolute atomic E-state index is 12.5. The van der Waals surface area contributed by atoms with E-state index in [2.05, 4.69) is 0 Å². The van der Waals surface area contributed by atoms with Crippen LogP contribution in [-0.4, -0.2) is 49.9 Å². The third-order valence-corrected chi connectivity index (χ3v) is 6.91. The molecule has 0 aliphatic heterocycles. The lowest BCUT2D eigenvalue weighted by Gasteiger charge is -2.37. The van der Waals surface area contributed by atoms with Crippen LogP contribution >= 0.6 is 0 Å². The lowest BCUT2D eigenvalue weighted by atomic mass is 9.92. The summed E-state index contributed by atoms with van der Waals surface area (Å²) in [6.45, 7) is 0. The minimum absolute atomic E-state index is 0.0536. The van der Waals surface area contributed by atoms with Crippen LogP contribution in [0.15, 0.2) is 0 Å². The molecule has 2 rings (SSSR count). The first-order valence-electron chi connectivity index (χ1n) is 8.01. The largest absolute Gasteiger partial charge is 0.341 e. The first-order chi connectivity index (χ1) is 9.80. The van der Waals surface area contributed by atoms with Crippen LogP contribution in [0.25, 0.3) is 0 Å². The molecule has 2 aliphatic rings. The van der Waals surface area contributed by atoms with E-state index >= 15 is 0 Å². The summed E-state index contributed by atoms with van der Waals surface area (Å²) in [5.74, 6) is 0.318. The van der Waals surface area contributed by atoms with Crippen molar-refractivity contribution in [1.29, 1.82) is 0 Å². The molecule has 1 amide bonds. The van der Waals surface area contributed by atoms with Gasteiger partial charge in [-0.2, -0.15) is 0 Å². The highest BCUT2D eigenvalue weighted by Gasteiger charge is 2.37. The zero-order chi connectivity index (χ0) is 15.6. The van der Waals surface area contributed by atoms with Crippen LogP contribution in [0.4, 0.5) is 0 Å². The van der Waals surface area contributed by atoms with Gasteiger partial charge in [0.25, 0.3) is 0 Å². The summed E-state index contributed by atoms with van der Waals surface area (Å²) in [7, 11) is -1.35. The van der Waals surface area contributed by atoms with Gasteiger partial charge < -0.3 is 10.6 Å². The molecule has 2 aliphatic carbocycles. The third kappa shape index (κ3) is 3.97. The van der Waals surface area contributed by atoms with Crippen LogP contribution in [0, 0.1) is 5.92 Å². The molecule has 2 saturated carbocycles. The van der Waals surface area contributed by atoms with E-state index < -0.39 is 15.1 Å². The van der Waals surface area contributed by atoms with Gasteiger partial charge in [0.2, 0.25) is 5.91 Å². The highest BCUT2D eigenvalue weighted by molar-refractivity contribution is 7.91. The average Bonchev–Trinajstić information content (AvgIpc) is 2.82. The molecule has 122 valence electrons. The molecule has 6 heteroatoms. The Hall–Kier alpha value is -0.620. The minimum Gasteiger partial charge on any atom is -0.341 e. The quantitative estimate of drug-likeness (QED) is 0.848. The van der Waals surface area contributed by atoms with Crippen molar-refractivity contribution in [3.63, 3.8) is 0 Å². The van der Waals surface area contributed by atoms with Gasteiger partial charge in [0.1, 0.15) is 0 Å². The van der Waals surface area contributed by atoms with Crippen molar-refractivity contribution < 1.29 is 13.2 Å². The maximum Gasteiger partial charge on any atom is 0.222 e. The molecule has 2 N–H and O–H groups in total. The normalized spacial score (nSPS) is 33.9. The first-order valence-corrected chi connectivity index (χ1v) is 9.96. The highest BCUT2D eigenvalue weighted by atomic mass is 32.2. The van der Waals surface area contributed by atoms with Gasteiger partial charge in [0, 0.05) is 31.8 Å². The van der Waals surface area contributed by atoms with Gasteiger partial charge in [-0.25, -0.2) is 8.42 Å². The number of hydrogen-bond acceptors (Lipinski definition) is 4. The monoisotopic (exact) mass is 316 g/mol. The lowest BCUT2D eigenvalue weighted by molar-refractivity contribution is -0.133. The Morgan fingerprint density at radius 1 is 1.14 bits per heavy atom. The summed E-state index contributed by atoms with van der Waals surface area (Å²) >= 11 is 0. The smallest absolute Gasteiger partial charge is 0.222 e. The second-order valence-electron chi connectivity index (χ2n) is 6.78.